The van der Waals surface area contributed by atoms with Gasteiger partial charge >= 0.3 is 0 Å². The molecule has 0 heterocycles. The fourth-order valence-corrected chi connectivity index (χ4v) is 3.15. The summed E-state index contributed by atoms with van der Waals surface area (Å²) in [5, 5.41) is 19.7. The first-order valence-corrected chi connectivity index (χ1v) is 7.44. The maximum absolute atomic E-state index is 10.0. The molecule has 3 nitrogen and oxygen atoms in total. The second-order valence-corrected chi connectivity index (χ2v) is 5.50. The number of hydrogen-bond acceptors (Lipinski definition) is 3. The molecule has 1 aliphatic carbocycles. The van der Waals surface area contributed by atoms with Crippen molar-refractivity contribution in [1.82, 2.24) is 4.90 Å². The van der Waals surface area contributed by atoms with E-state index in [0.717, 1.165) is 50.8 Å². The maximum atomic E-state index is 10.0. The third kappa shape index (κ3) is 3.03. The Kier molecular flexibility index (Phi) is 4.70. The second kappa shape index (κ2) is 6.29. The van der Waals surface area contributed by atoms with Crippen LogP contribution < -0.4 is 0 Å². The fourth-order valence-electron chi connectivity index (χ4n) is 3.15. The molecule has 0 aliphatic heterocycles. The number of aryl methyl sites for hydroxylation is 1. The first-order valence-electron chi connectivity index (χ1n) is 7.44. The van der Waals surface area contributed by atoms with E-state index in [1.165, 1.54) is 5.56 Å². The zero-order valence-corrected chi connectivity index (χ0v) is 12.0. The number of hydrogen-bond donors (Lipinski definition) is 2. The van der Waals surface area contributed by atoms with Gasteiger partial charge in [-0.3, -0.25) is 0 Å². The van der Waals surface area contributed by atoms with Crippen LogP contribution in [0.15, 0.2) is 12.1 Å². The SMILES string of the molecule is CCCN(CCC)[C@@H]1CCc2ccc(O)c(O)c2C1. The van der Waals surface area contributed by atoms with Crippen LogP contribution in [0.3, 0.4) is 0 Å². The standard InChI is InChI=1S/C16H25NO2/c1-3-9-17(10-4-2)13-7-5-12-6-8-15(18)16(19)14(12)11-13/h6,8,13,18-19H,3-5,7,9-11H2,1-2H3/t13-/m1/s1. The molecule has 1 aliphatic rings. The van der Waals surface area contributed by atoms with E-state index < -0.39 is 0 Å². The summed E-state index contributed by atoms with van der Waals surface area (Å²) >= 11 is 0. The van der Waals surface area contributed by atoms with Crippen molar-refractivity contribution in [3.63, 3.8) is 0 Å². The molecule has 3 heteroatoms. The van der Waals surface area contributed by atoms with E-state index in [9.17, 15) is 10.2 Å². The van der Waals surface area contributed by atoms with Crippen LogP contribution in [0.5, 0.6) is 11.5 Å². The lowest BCUT2D eigenvalue weighted by atomic mass is 9.86. The van der Waals surface area contributed by atoms with Crippen molar-refractivity contribution < 1.29 is 10.2 Å². The summed E-state index contributed by atoms with van der Waals surface area (Å²) in [4.78, 5) is 2.53. The molecule has 0 radical (unpaired) electrons. The van der Waals surface area contributed by atoms with Crippen LogP contribution in [0.2, 0.25) is 0 Å². The van der Waals surface area contributed by atoms with Gasteiger partial charge in [0.2, 0.25) is 0 Å². The van der Waals surface area contributed by atoms with Gasteiger partial charge in [-0.15, -0.1) is 0 Å². The number of phenols is 2. The second-order valence-electron chi connectivity index (χ2n) is 5.50. The highest BCUT2D eigenvalue weighted by atomic mass is 16.3. The molecule has 0 bridgehead atoms. The van der Waals surface area contributed by atoms with Crippen LogP contribution in [-0.2, 0) is 12.8 Å². The topological polar surface area (TPSA) is 43.7 Å². The van der Waals surface area contributed by atoms with Gasteiger partial charge in [0, 0.05) is 11.6 Å². The molecule has 2 N–H and O–H groups in total. The summed E-state index contributed by atoms with van der Waals surface area (Å²) < 4.78 is 0. The summed E-state index contributed by atoms with van der Waals surface area (Å²) in [5.41, 5.74) is 2.15. The monoisotopic (exact) mass is 263 g/mol. The smallest absolute Gasteiger partial charge is 0.161 e. The molecular formula is C16H25NO2. The van der Waals surface area contributed by atoms with E-state index >= 15 is 0 Å². The predicted octanol–water partition coefficient (Wildman–Crippen LogP) is 3.08. The molecule has 0 fully saturated rings. The third-order valence-electron chi connectivity index (χ3n) is 4.08. The summed E-state index contributed by atoms with van der Waals surface area (Å²) in [6, 6.07) is 4.05. The fraction of sp³-hybridized carbons (Fsp3) is 0.625. The zero-order valence-electron chi connectivity index (χ0n) is 12.0. The summed E-state index contributed by atoms with van der Waals surface area (Å²) in [7, 11) is 0. The van der Waals surface area contributed by atoms with Crippen molar-refractivity contribution in [2.24, 2.45) is 0 Å². The van der Waals surface area contributed by atoms with Gasteiger partial charge in [0.15, 0.2) is 11.5 Å². The van der Waals surface area contributed by atoms with Gasteiger partial charge in [0.1, 0.15) is 0 Å². The predicted molar refractivity (Wildman–Crippen MR) is 77.7 cm³/mol. The molecule has 2 rings (SSSR count). The highest BCUT2D eigenvalue weighted by Crippen LogP contribution is 2.36. The molecule has 1 atom stereocenters. The molecule has 1 aromatic rings. The number of fused-ring (bicyclic) bond motifs is 1. The van der Waals surface area contributed by atoms with E-state index in [2.05, 4.69) is 18.7 Å². The van der Waals surface area contributed by atoms with Crippen LogP contribution in [0, 0.1) is 0 Å². The molecule has 19 heavy (non-hydrogen) atoms. The highest BCUT2D eigenvalue weighted by molar-refractivity contribution is 5.50. The summed E-state index contributed by atoms with van der Waals surface area (Å²) in [5.74, 6) is 0.104. The molecule has 0 spiro atoms. The first-order chi connectivity index (χ1) is 9.17. The van der Waals surface area contributed by atoms with Crippen molar-refractivity contribution in [3.8, 4) is 11.5 Å². The number of phenolic OH excluding ortho intramolecular Hbond substituents is 2. The molecule has 106 valence electrons. The molecule has 0 saturated heterocycles. The molecule has 0 unspecified atom stereocenters. The third-order valence-corrected chi connectivity index (χ3v) is 4.08. The highest BCUT2D eigenvalue weighted by Gasteiger charge is 2.26. The van der Waals surface area contributed by atoms with Gasteiger partial charge in [-0.1, -0.05) is 19.9 Å². The molecule has 1 aromatic carbocycles. The van der Waals surface area contributed by atoms with Gasteiger partial charge in [-0.05, 0) is 56.8 Å². The Morgan fingerprint density at radius 3 is 2.47 bits per heavy atom. The Bertz CT molecular complexity index is 425. The van der Waals surface area contributed by atoms with E-state index in [1.807, 2.05) is 6.07 Å². The number of aromatic hydroxyl groups is 2. The Hall–Kier alpha value is -1.22. The lowest BCUT2D eigenvalue weighted by Gasteiger charge is -2.35. The van der Waals surface area contributed by atoms with E-state index in [1.54, 1.807) is 6.07 Å². The minimum Gasteiger partial charge on any atom is -0.504 e. The Morgan fingerprint density at radius 2 is 1.84 bits per heavy atom. The van der Waals surface area contributed by atoms with Gasteiger partial charge in [0.25, 0.3) is 0 Å². The number of rotatable bonds is 5. The average Bonchev–Trinajstić information content (AvgIpc) is 2.42. The van der Waals surface area contributed by atoms with Crippen LogP contribution in [0.4, 0.5) is 0 Å². The van der Waals surface area contributed by atoms with Gasteiger partial charge < -0.3 is 15.1 Å². The van der Waals surface area contributed by atoms with E-state index in [-0.39, 0.29) is 11.5 Å². The lowest BCUT2D eigenvalue weighted by Crippen LogP contribution is -2.40. The normalized spacial score (nSPS) is 18.6. The maximum Gasteiger partial charge on any atom is 0.161 e. The van der Waals surface area contributed by atoms with Crippen LogP contribution in [0.1, 0.15) is 44.2 Å². The Morgan fingerprint density at radius 1 is 1.16 bits per heavy atom. The Labute approximate surface area is 115 Å². The van der Waals surface area contributed by atoms with Gasteiger partial charge in [0.05, 0.1) is 0 Å². The van der Waals surface area contributed by atoms with Crippen molar-refractivity contribution in [3.05, 3.63) is 23.3 Å². The quantitative estimate of drug-likeness (QED) is 0.802. The average molecular weight is 263 g/mol. The molecule has 0 aromatic heterocycles. The van der Waals surface area contributed by atoms with Crippen molar-refractivity contribution in [1.29, 1.82) is 0 Å². The molecule has 0 amide bonds. The van der Waals surface area contributed by atoms with Crippen LogP contribution in [0.25, 0.3) is 0 Å². The van der Waals surface area contributed by atoms with Crippen LogP contribution in [-0.4, -0.2) is 34.2 Å². The number of benzene rings is 1. The van der Waals surface area contributed by atoms with E-state index in [4.69, 9.17) is 0 Å². The Balaban J connectivity index is 2.18. The van der Waals surface area contributed by atoms with Gasteiger partial charge in [-0.2, -0.15) is 0 Å². The van der Waals surface area contributed by atoms with Crippen molar-refractivity contribution in [2.75, 3.05) is 13.1 Å². The summed E-state index contributed by atoms with van der Waals surface area (Å²) in [6.07, 6.45) is 5.33. The van der Waals surface area contributed by atoms with E-state index in [0.29, 0.717) is 6.04 Å². The van der Waals surface area contributed by atoms with Crippen LogP contribution >= 0.6 is 0 Å². The molecule has 0 saturated carbocycles. The van der Waals surface area contributed by atoms with Crippen molar-refractivity contribution >= 4 is 0 Å². The minimum atomic E-state index is 0.0110. The molecular weight excluding hydrogens is 238 g/mol. The zero-order chi connectivity index (χ0) is 13.8. The minimum absolute atomic E-state index is 0.0110. The van der Waals surface area contributed by atoms with Crippen molar-refractivity contribution in [2.45, 2.75) is 52.0 Å². The largest absolute Gasteiger partial charge is 0.504 e. The lowest BCUT2D eigenvalue weighted by molar-refractivity contribution is 0.178. The van der Waals surface area contributed by atoms with Gasteiger partial charge in [-0.25, -0.2) is 0 Å². The first kappa shape index (κ1) is 14.2. The number of nitrogens with zero attached hydrogens (tertiary/aromatic N) is 1. The summed E-state index contributed by atoms with van der Waals surface area (Å²) in [6.45, 7) is 6.66.